The Balaban J connectivity index is 2.16. The van der Waals surface area contributed by atoms with Crippen LogP contribution < -0.4 is 0 Å². The standard InChI is InChI=1S/C15H20O4S/c1-2-19-15(16)11-12-7-6-10-14(12)20(17,18)13-8-4-3-5-9-13/h3-5,8-9,12,14H,2,6-7,10-11H2,1H3/t12-,14-/m1/s1. The average Bonchev–Trinajstić information content (AvgIpc) is 2.89. The molecule has 1 fully saturated rings. The Kier molecular flexibility index (Phi) is 4.81. The van der Waals surface area contributed by atoms with Gasteiger partial charge >= 0.3 is 5.97 Å². The van der Waals surface area contributed by atoms with Gasteiger partial charge in [-0.1, -0.05) is 24.6 Å². The number of hydrogen-bond donors (Lipinski definition) is 0. The summed E-state index contributed by atoms with van der Waals surface area (Å²) in [5.74, 6) is -0.424. The lowest BCUT2D eigenvalue weighted by Crippen LogP contribution is -2.27. The monoisotopic (exact) mass is 296 g/mol. The van der Waals surface area contributed by atoms with Crippen LogP contribution in [-0.4, -0.2) is 26.2 Å². The second-order valence-corrected chi connectivity index (χ2v) is 7.26. The van der Waals surface area contributed by atoms with Gasteiger partial charge in [0.1, 0.15) is 0 Å². The quantitative estimate of drug-likeness (QED) is 0.784. The van der Waals surface area contributed by atoms with E-state index in [2.05, 4.69) is 0 Å². The predicted octanol–water partition coefficient (Wildman–Crippen LogP) is 2.58. The van der Waals surface area contributed by atoms with Crippen LogP contribution in [0.5, 0.6) is 0 Å². The Morgan fingerprint density at radius 1 is 1.25 bits per heavy atom. The van der Waals surface area contributed by atoms with Gasteiger partial charge in [0, 0.05) is 6.42 Å². The first-order chi connectivity index (χ1) is 9.55. The Bertz CT molecular complexity index is 550. The summed E-state index contributed by atoms with van der Waals surface area (Å²) < 4.78 is 30.2. The number of rotatable bonds is 5. The number of benzene rings is 1. The molecule has 2 atom stereocenters. The minimum Gasteiger partial charge on any atom is -0.466 e. The second-order valence-electron chi connectivity index (χ2n) is 5.10. The molecule has 20 heavy (non-hydrogen) atoms. The van der Waals surface area contributed by atoms with Crippen LogP contribution in [0, 0.1) is 5.92 Å². The van der Waals surface area contributed by atoms with E-state index in [9.17, 15) is 13.2 Å². The molecule has 1 aliphatic rings. The maximum Gasteiger partial charge on any atom is 0.306 e. The van der Waals surface area contributed by atoms with Crippen molar-refractivity contribution in [2.75, 3.05) is 6.61 Å². The number of hydrogen-bond acceptors (Lipinski definition) is 4. The van der Waals surface area contributed by atoms with E-state index in [4.69, 9.17) is 4.74 Å². The molecule has 0 heterocycles. The van der Waals surface area contributed by atoms with E-state index in [1.807, 2.05) is 0 Å². The molecule has 1 aromatic carbocycles. The van der Waals surface area contributed by atoms with E-state index in [-0.39, 0.29) is 18.3 Å². The van der Waals surface area contributed by atoms with E-state index >= 15 is 0 Å². The molecule has 0 spiro atoms. The fraction of sp³-hybridized carbons (Fsp3) is 0.533. The maximum atomic E-state index is 12.6. The third kappa shape index (κ3) is 3.20. The van der Waals surface area contributed by atoms with Gasteiger partial charge in [-0.2, -0.15) is 0 Å². The zero-order valence-electron chi connectivity index (χ0n) is 11.6. The minimum absolute atomic E-state index is 0.126. The lowest BCUT2D eigenvalue weighted by Gasteiger charge is -2.19. The maximum absolute atomic E-state index is 12.6. The first-order valence-corrected chi connectivity index (χ1v) is 8.55. The third-order valence-electron chi connectivity index (χ3n) is 3.79. The SMILES string of the molecule is CCOC(=O)C[C@H]1CCC[C@H]1S(=O)(=O)c1ccccc1. The first-order valence-electron chi connectivity index (χ1n) is 7.00. The van der Waals surface area contributed by atoms with Crippen LogP contribution in [0.1, 0.15) is 32.6 Å². The number of esters is 1. The predicted molar refractivity (Wildman–Crippen MR) is 76.0 cm³/mol. The molecule has 5 heteroatoms. The summed E-state index contributed by atoms with van der Waals surface area (Å²) >= 11 is 0. The molecule has 0 aliphatic heterocycles. The molecule has 1 aromatic rings. The van der Waals surface area contributed by atoms with Crippen molar-refractivity contribution in [3.8, 4) is 0 Å². The molecule has 110 valence electrons. The largest absolute Gasteiger partial charge is 0.466 e. The highest BCUT2D eigenvalue weighted by Gasteiger charge is 2.39. The molecule has 1 aliphatic carbocycles. The zero-order valence-corrected chi connectivity index (χ0v) is 12.4. The van der Waals surface area contributed by atoms with Gasteiger partial charge in [-0.05, 0) is 37.8 Å². The minimum atomic E-state index is -3.36. The molecule has 1 saturated carbocycles. The molecule has 0 N–H and O–H groups in total. The van der Waals surface area contributed by atoms with Gasteiger partial charge in [0.25, 0.3) is 0 Å². The van der Waals surface area contributed by atoms with Crippen molar-refractivity contribution in [3.05, 3.63) is 30.3 Å². The lowest BCUT2D eigenvalue weighted by molar-refractivity contribution is -0.144. The zero-order chi connectivity index (χ0) is 14.6. The van der Waals surface area contributed by atoms with Crippen LogP contribution in [0.15, 0.2) is 35.2 Å². The van der Waals surface area contributed by atoms with Gasteiger partial charge in [-0.25, -0.2) is 8.42 Å². The normalized spacial score (nSPS) is 22.6. The number of ether oxygens (including phenoxy) is 1. The first kappa shape index (κ1) is 15.0. The number of carbonyl (C=O) groups excluding carboxylic acids is 1. The highest BCUT2D eigenvalue weighted by Crippen LogP contribution is 2.36. The summed E-state index contributed by atoms with van der Waals surface area (Å²) in [7, 11) is -3.36. The van der Waals surface area contributed by atoms with Crippen molar-refractivity contribution in [1.82, 2.24) is 0 Å². The topological polar surface area (TPSA) is 60.4 Å². The molecule has 2 rings (SSSR count). The van der Waals surface area contributed by atoms with E-state index in [0.717, 1.165) is 12.8 Å². The molecule has 0 unspecified atom stereocenters. The van der Waals surface area contributed by atoms with Crippen molar-refractivity contribution < 1.29 is 17.9 Å². The Hall–Kier alpha value is -1.36. The highest BCUT2D eigenvalue weighted by molar-refractivity contribution is 7.92. The van der Waals surface area contributed by atoms with Gasteiger partial charge in [-0.15, -0.1) is 0 Å². The molecular weight excluding hydrogens is 276 g/mol. The summed E-state index contributed by atoms with van der Waals surface area (Å²) in [5, 5.41) is -0.464. The van der Waals surface area contributed by atoms with Crippen LogP contribution in [0.2, 0.25) is 0 Å². The summed E-state index contributed by atoms with van der Waals surface area (Å²) in [4.78, 5) is 11.9. The average molecular weight is 296 g/mol. The van der Waals surface area contributed by atoms with Crippen molar-refractivity contribution in [2.45, 2.75) is 42.8 Å². The highest BCUT2D eigenvalue weighted by atomic mass is 32.2. The van der Waals surface area contributed by atoms with E-state index in [1.165, 1.54) is 0 Å². The van der Waals surface area contributed by atoms with Crippen LogP contribution in [0.3, 0.4) is 0 Å². The number of carbonyl (C=O) groups is 1. The van der Waals surface area contributed by atoms with Crippen LogP contribution in [0.25, 0.3) is 0 Å². The van der Waals surface area contributed by atoms with Crippen LogP contribution >= 0.6 is 0 Å². The van der Waals surface area contributed by atoms with E-state index < -0.39 is 15.1 Å². The van der Waals surface area contributed by atoms with Crippen molar-refractivity contribution in [1.29, 1.82) is 0 Å². The Morgan fingerprint density at radius 3 is 2.60 bits per heavy atom. The van der Waals surface area contributed by atoms with Gasteiger partial charge in [-0.3, -0.25) is 4.79 Å². The van der Waals surface area contributed by atoms with E-state index in [0.29, 0.717) is 17.9 Å². The lowest BCUT2D eigenvalue weighted by atomic mass is 10.0. The van der Waals surface area contributed by atoms with Gasteiger partial charge in [0.2, 0.25) is 0 Å². The molecule has 0 aromatic heterocycles. The van der Waals surface area contributed by atoms with Gasteiger partial charge in [0.15, 0.2) is 9.84 Å². The van der Waals surface area contributed by atoms with Gasteiger partial charge < -0.3 is 4.74 Å². The summed E-state index contributed by atoms with van der Waals surface area (Å²) in [6.45, 7) is 2.09. The van der Waals surface area contributed by atoms with Crippen LogP contribution in [-0.2, 0) is 19.4 Å². The van der Waals surface area contributed by atoms with Crippen molar-refractivity contribution >= 4 is 15.8 Å². The second kappa shape index (κ2) is 6.39. The summed E-state index contributed by atoms with van der Waals surface area (Å²) in [6, 6.07) is 8.48. The molecular formula is C15H20O4S. The molecule has 0 amide bonds. The van der Waals surface area contributed by atoms with Crippen LogP contribution in [0.4, 0.5) is 0 Å². The van der Waals surface area contributed by atoms with Crippen molar-refractivity contribution in [3.63, 3.8) is 0 Å². The van der Waals surface area contributed by atoms with Crippen molar-refractivity contribution in [2.24, 2.45) is 5.92 Å². The molecule has 0 saturated heterocycles. The molecule has 0 radical (unpaired) electrons. The Morgan fingerprint density at radius 2 is 1.95 bits per heavy atom. The Labute approximate surface area is 120 Å². The molecule has 0 bridgehead atoms. The smallest absolute Gasteiger partial charge is 0.306 e. The summed E-state index contributed by atoms with van der Waals surface area (Å²) in [5.41, 5.74) is 0. The molecule has 4 nitrogen and oxygen atoms in total. The third-order valence-corrected chi connectivity index (χ3v) is 6.14. The fourth-order valence-electron chi connectivity index (χ4n) is 2.86. The number of sulfone groups is 1. The fourth-order valence-corrected chi connectivity index (χ4v) is 4.97. The van der Waals surface area contributed by atoms with Gasteiger partial charge in [0.05, 0.1) is 16.8 Å². The van der Waals surface area contributed by atoms with E-state index in [1.54, 1.807) is 37.3 Å². The summed E-state index contributed by atoms with van der Waals surface area (Å²) in [6.07, 6.45) is 2.45.